The molecule has 0 bridgehead atoms. The lowest BCUT2D eigenvalue weighted by atomic mass is 10.2. The van der Waals surface area contributed by atoms with Gasteiger partial charge in [-0.25, -0.2) is 4.79 Å². The average molecular weight is 287 g/mol. The van der Waals surface area contributed by atoms with Gasteiger partial charge in [0.05, 0.1) is 0 Å². The maximum Gasteiger partial charge on any atom is 0.317 e. The standard InChI is InChI=1S/C16H21N3O2/c1-2-17-16(21)19-12-10-18(11-13-19)15(20)9-8-14-6-4-3-5-7-14/h3-9H,2,10-13H2,1H3,(H,17,21)/b9-8+. The summed E-state index contributed by atoms with van der Waals surface area (Å²) < 4.78 is 0. The van der Waals surface area contributed by atoms with Crippen LogP contribution >= 0.6 is 0 Å². The van der Waals surface area contributed by atoms with Crippen molar-refractivity contribution >= 4 is 18.0 Å². The van der Waals surface area contributed by atoms with Crippen LogP contribution in [0.15, 0.2) is 36.4 Å². The van der Waals surface area contributed by atoms with Gasteiger partial charge in [-0.3, -0.25) is 4.79 Å². The monoisotopic (exact) mass is 287 g/mol. The zero-order valence-corrected chi connectivity index (χ0v) is 12.3. The van der Waals surface area contributed by atoms with Crippen LogP contribution in [0.4, 0.5) is 4.79 Å². The second-order valence-corrected chi connectivity index (χ2v) is 4.89. The first-order chi connectivity index (χ1) is 10.2. The Bertz CT molecular complexity index is 506. The van der Waals surface area contributed by atoms with Crippen LogP contribution in [0.2, 0.25) is 0 Å². The number of amides is 3. The van der Waals surface area contributed by atoms with Crippen molar-refractivity contribution in [2.75, 3.05) is 32.7 Å². The van der Waals surface area contributed by atoms with Gasteiger partial charge < -0.3 is 15.1 Å². The third kappa shape index (κ3) is 4.34. The number of rotatable bonds is 3. The van der Waals surface area contributed by atoms with Crippen molar-refractivity contribution < 1.29 is 9.59 Å². The maximum absolute atomic E-state index is 12.1. The minimum atomic E-state index is -0.0515. The zero-order valence-electron chi connectivity index (χ0n) is 12.3. The van der Waals surface area contributed by atoms with Crippen LogP contribution in [-0.4, -0.2) is 54.5 Å². The van der Waals surface area contributed by atoms with Crippen LogP contribution in [0.5, 0.6) is 0 Å². The quantitative estimate of drug-likeness (QED) is 0.858. The number of carbonyl (C=O) groups is 2. The van der Waals surface area contributed by atoms with Crippen molar-refractivity contribution in [3.8, 4) is 0 Å². The molecule has 0 aliphatic carbocycles. The van der Waals surface area contributed by atoms with Crippen molar-refractivity contribution in [3.63, 3.8) is 0 Å². The largest absolute Gasteiger partial charge is 0.338 e. The summed E-state index contributed by atoms with van der Waals surface area (Å²) in [5, 5.41) is 2.78. The number of carbonyl (C=O) groups excluding carboxylic acids is 2. The van der Waals surface area contributed by atoms with Gasteiger partial charge >= 0.3 is 6.03 Å². The number of benzene rings is 1. The van der Waals surface area contributed by atoms with E-state index in [0.29, 0.717) is 32.7 Å². The number of hydrogen-bond acceptors (Lipinski definition) is 2. The summed E-state index contributed by atoms with van der Waals surface area (Å²) in [6.45, 7) is 4.83. The minimum absolute atomic E-state index is 0.00518. The summed E-state index contributed by atoms with van der Waals surface area (Å²) in [6, 6.07) is 9.68. The molecule has 5 nitrogen and oxygen atoms in total. The Hall–Kier alpha value is -2.30. The molecular weight excluding hydrogens is 266 g/mol. The van der Waals surface area contributed by atoms with Gasteiger partial charge in [0, 0.05) is 38.8 Å². The average Bonchev–Trinajstić information content (AvgIpc) is 2.54. The van der Waals surface area contributed by atoms with Gasteiger partial charge in [-0.2, -0.15) is 0 Å². The number of hydrogen-bond donors (Lipinski definition) is 1. The first-order valence-corrected chi connectivity index (χ1v) is 7.25. The lowest BCUT2D eigenvalue weighted by Gasteiger charge is -2.34. The summed E-state index contributed by atoms with van der Waals surface area (Å²) in [5.41, 5.74) is 1.01. The normalized spacial score (nSPS) is 15.3. The molecule has 0 saturated carbocycles. The highest BCUT2D eigenvalue weighted by Gasteiger charge is 2.22. The van der Waals surface area contributed by atoms with E-state index >= 15 is 0 Å². The summed E-state index contributed by atoms with van der Waals surface area (Å²) in [5.74, 6) is -0.00518. The predicted octanol–water partition coefficient (Wildman–Crippen LogP) is 1.57. The molecule has 112 valence electrons. The fourth-order valence-corrected chi connectivity index (χ4v) is 2.23. The van der Waals surface area contributed by atoms with Gasteiger partial charge in [-0.15, -0.1) is 0 Å². The van der Waals surface area contributed by atoms with E-state index in [4.69, 9.17) is 0 Å². The summed E-state index contributed by atoms with van der Waals surface area (Å²) in [4.78, 5) is 27.3. The molecule has 0 aromatic heterocycles. The Morgan fingerprint density at radius 3 is 2.33 bits per heavy atom. The van der Waals surface area contributed by atoms with E-state index < -0.39 is 0 Å². The molecule has 1 saturated heterocycles. The molecule has 1 fully saturated rings. The maximum atomic E-state index is 12.1. The molecule has 1 aliphatic rings. The molecule has 1 aliphatic heterocycles. The van der Waals surface area contributed by atoms with Crippen LogP contribution in [0.25, 0.3) is 6.08 Å². The first-order valence-electron chi connectivity index (χ1n) is 7.25. The van der Waals surface area contributed by atoms with E-state index in [1.807, 2.05) is 43.3 Å². The number of urea groups is 1. The molecule has 0 atom stereocenters. The molecule has 0 spiro atoms. The summed E-state index contributed by atoms with van der Waals surface area (Å²) in [6.07, 6.45) is 3.41. The fraction of sp³-hybridized carbons (Fsp3) is 0.375. The van der Waals surface area contributed by atoms with Crippen LogP contribution in [0, 0.1) is 0 Å². The van der Waals surface area contributed by atoms with Crippen molar-refractivity contribution in [3.05, 3.63) is 42.0 Å². The highest BCUT2D eigenvalue weighted by Crippen LogP contribution is 2.05. The Morgan fingerprint density at radius 1 is 1.10 bits per heavy atom. The van der Waals surface area contributed by atoms with Gasteiger partial charge in [0.2, 0.25) is 5.91 Å². The van der Waals surface area contributed by atoms with E-state index in [1.54, 1.807) is 15.9 Å². The van der Waals surface area contributed by atoms with Gasteiger partial charge in [-0.1, -0.05) is 30.3 Å². The van der Waals surface area contributed by atoms with Crippen LogP contribution in [0.3, 0.4) is 0 Å². The van der Waals surface area contributed by atoms with Gasteiger partial charge in [0.15, 0.2) is 0 Å². The molecule has 0 radical (unpaired) electrons. The fourth-order valence-electron chi connectivity index (χ4n) is 2.23. The first kappa shape index (κ1) is 15.1. The molecule has 1 aromatic carbocycles. The number of nitrogens with one attached hydrogen (secondary N) is 1. The summed E-state index contributed by atoms with van der Waals surface area (Å²) >= 11 is 0. The van der Waals surface area contributed by atoms with Gasteiger partial charge in [0.25, 0.3) is 0 Å². The van der Waals surface area contributed by atoms with Gasteiger partial charge in [0.1, 0.15) is 0 Å². The van der Waals surface area contributed by atoms with Crippen LogP contribution < -0.4 is 5.32 Å². The molecule has 3 amide bonds. The predicted molar refractivity (Wildman–Crippen MR) is 82.7 cm³/mol. The highest BCUT2D eigenvalue weighted by atomic mass is 16.2. The zero-order chi connectivity index (χ0) is 15.1. The molecular formula is C16H21N3O2. The lowest BCUT2D eigenvalue weighted by molar-refractivity contribution is -0.127. The molecule has 2 rings (SSSR count). The Morgan fingerprint density at radius 2 is 1.71 bits per heavy atom. The third-order valence-electron chi connectivity index (χ3n) is 3.42. The smallest absolute Gasteiger partial charge is 0.317 e. The van der Waals surface area contributed by atoms with E-state index in [2.05, 4.69) is 5.32 Å². The van der Waals surface area contributed by atoms with E-state index in [1.165, 1.54) is 0 Å². The molecule has 1 aromatic rings. The Kier molecular flexibility index (Phi) is 5.37. The van der Waals surface area contributed by atoms with Crippen molar-refractivity contribution in [1.29, 1.82) is 0 Å². The Labute approximate surface area is 125 Å². The second-order valence-electron chi connectivity index (χ2n) is 4.89. The van der Waals surface area contributed by atoms with Crippen molar-refractivity contribution in [1.82, 2.24) is 15.1 Å². The van der Waals surface area contributed by atoms with Gasteiger partial charge in [-0.05, 0) is 18.6 Å². The van der Waals surface area contributed by atoms with E-state index in [9.17, 15) is 9.59 Å². The van der Waals surface area contributed by atoms with Crippen molar-refractivity contribution in [2.24, 2.45) is 0 Å². The topological polar surface area (TPSA) is 52.7 Å². The van der Waals surface area contributed by atoms with Crippen molar-refractivity contribution in [2.45, 2.75) is 6.92 Å². The second kappa shape index (κ2) is 7.47. The lowest BCUT2D eigenvalue weighted by Crippen LogP contribution is -2.52. The van der Waals surface area contributed by atoms with E-state index in [-0.39, 0.29) is 11.9 Å². The molecule has 5 heteroatoms. The van der Waals surface area contributed by atoms with Crippen LogP contribution in [-0.2, 0) is 4.79 Å². The molecule has 0 unspecified atom stereocenters. The number of piperazine rings is 1. The van der Waals surface area contributed by atoms with Crippen LogP contribution in [0.1, 0.15) is 12.5 Å². The third-order valence-corrected chi connectivity index (χ3v) is 3.42. The molecule has 1 N–H and O–H groups in total. The Balaban J connectivity index is 1.83. The number of nitrogens with zero attached hydrogens (tertiary/aromatic N) is 2. The summed E-state index contributed by atoms with van der Waals surface area (Å²) in [7, 11) is 0. The van der Waals surface area contributed by atoms with E-state index in [0.717, 1.165) is 5.56 Å². The molecule has 1 heterocycles. The molecule has 21 heavy (non-hydrogen) atoms. The minimum Gasteiger partial charge on any atom is -0.338 e. The highest BCUT2D eigenvalue weighted by molar-refractivity contribution is 5.92. The SMILES string of the molecule is CCNC(=O)N1CCN(C(=O)/C=C/c2ccccc2)CC1.